The van der Waals surface area contributed by atoms with E-state index >= 15 is 0 Å². The molecule has 0 saturated carbocycles. The summed E-state index contributed by atoms with van der Waals surface area (Å²) in [4.78, 5) is 14.0. The van der Waals surface area contributed by atoms with E-state index in [4.69, 9.17) is 5.73 Å². The molecule has 1 amide bonds. The van der Waals surface area contributed by atoms with Crippen molar-refractivity contribution in [3.8, 4) is 0 Å². The smallest absolute Gasteiger partial charge is 0.261 e. The van der Waals surface area contributed by atoms with Gasteiger partial charge in [0.1, 0.15) is 11.6 Å². The standard InChI is InChI=1S/C16H14F2N2O/c17-11-5-6-13(14(18)8-11)16(21)20-9-12(19)7-10-3-1-2-4-15(10)20/h1-6,8,12H,7,9,19H2. The molecule has 0 fully saturated rings. The van der Waals surface area contributed by atoms with E-state index in [2.05, 4.69) is 0 Å². The maximum absolute atomic E-state index is 13.8. The molecule has 1 aliphatic heterocycles. The first kappa shape index (κ1) is 13.7. The highest BCUT2D eigenvalue weighted by Crippen LogP contribution is 2.28. The fourth-order valence-corrected chi connectivity index (χ4v) is 2.63. The van der Waals surface area contributed by atoms with Crippen molar-refractivity contribution in [1.29, 1.82) is 0 Å². The van der Waals surface area contributed by atoms with E-state index in [9.17, 15) is 13.6 Å². The number of halogens is 2. The highest BCUT2D eigenvalue weighted by molar-refractivity contribution is 6.07. The van der Waals surface area contributed by atoms with Crippen molar-refractivity contribution in [2.75, 3.05) is 11.4 Å². The molecule has 21 heavy (non-hydrogen) atoms. The van der Waals surface area contributed by atoms with Gasteiger partial charge in [0, 0.05) is 24.3 Å². The van der Waals surface area contributed by atoms with E-state index in [-0.39, 0.29) is 11.6 Å². The second kappa shape index (κ2) is 5.26. The molecule has 5 heteroatoms. The topological polar surface area (TPSA) is 46.3 Å². The van der Waals surface area contributed by atoms with Gasteiger partial charge in [-0.25, -0.2) is 8.78 Å². The number of hydrogen-bond donors (Lipinski definition) is 1. The third kappa shape index (κ3) is 2.52. The van der Waals surface area contributed by atoms with Gasteiger partial charge in [0.25, 0.3) is 5.91 Å². The van der Waals surface area contributed by atoms with Crippen LogP contribution in [0.4, 0.5) is 14.5 Å². The van der Waals surface area contributed by atoms with Crippen LogP contribution < -0.4 is 10.6 Å². The molecule has 0 aromatic heterocycles. The minimum Gasteiger partial charge on any atom is -0.326 e. The lowest BCUT2D eigenvalue weighted by Crippen LogP contribution is -2.46. The van der Waals surface area contributed by atoms with Gasteiger partial charge in [-0.1, -0.05) is 18.2 Å². The van der Waals surface area contributed by atoms with Gasteiger partial charge in [0.15, 0.2) is 0 Å². The molecule has 0 spiro atoms. The zero-order chi connectivity index (χ0) is 15.0. The number of nitrogens with two attached hydrogens (primary N) is 1. The van der Waals surface area contributed by atoms with Gasteiger partial charge < -0.3 is 10.6 Å². The highest BCUT2D eigenvalue weighted by atomic mass is 19.1. The van der Waals surface area contributed by atoms with Crippen LogP contribution in [-0.2, 0) is 6.42 Å². The zero-order valence-corrected chi connectivity index (χ0v) is 11.2. The molecule has 0 bridgehead atoms. The van der Waals surface area contributed by atoms with Crippen LogP contribution in [0.1, 0.15) is 15.9 Å². The summed E-state index contributed by atoms with van der Waals surface area (Å²) in [7, 11) is 0. The quantitative estimate of drug-likeness (QED) is 0.876. The Hall–Kier alpha value is -2.27. The number of anilines is 1. The maximum Gasteiger partial charge on any atom is 0.261 e. The van der Waals surface area contributed by atoms with E-state index < -0.39 is 17.5 Å². The summed E-state index contributed by atoms with van der Waals surface area (Å²) in [5.74, 6) is -2.08. The Morgan fingerprint density at radius 2 is 1.95 bits per heavy atom. The Morgan fingerprint density at radius 3 is 2.71 bits per heavy atom. The number of fused-ring (bicyclic) bond motifs is 1. The lowest BCUT2D eigenvalue weighted by molar-refractivity contribution is 0.0979. The van der Waals surface area contributed by atoms with Crippen molar-refractivity contribution in [3.05, 3.63) is 65.2 Å². The molecule has 1 atom stereocenters. The van der Waals surface area contributed by atoms with Crippen LogP contribution in [0.15, 0.2) is 42.5 Å². The van der Waals surface area contributed by atoms with Gasteiger partial charge in [-0.05, 0) is 30.2 Å². The van der Waals surface area contributed by atoms with Crippen LogP contribution in [0, 0.1) is 11.6 Å². The summed E-state index contributed by atoms with van der Waals surface area (Å²) < 4.78 is 26.8. The summed E-state index contributed by atoms with van der Waals surface area (Å²) in [6.45, 7) is 0.312. The molecule has 1 unspecified atom stereocenters. The minimum absolute atomic E-state index is 0.152. The van der Waals surface area contributed by atoms with Crippen LogP contribution in [-0.4, -0.2) is 18.5 Å². The number of rotatable bonds is 1. The summed E-state index contributed by atoms with van der Waals surface area (Å²) in [5, 5.41) is 0. The van der Waals surface area contributed by atoms with Crippen LogP contribution in [0.5, 0.6) is 0 Å². The first-order valence-corrected chi connectivity index (χ1v) is 6.66. The fourth-order valence-electron chi connectivity index (χ4n) is 2.63. The average Bonchev–Trinajstić information content (AvgIpc) is 2.45. The number of para-hydroxylation sites is 1. The molecule has 2 aromatic carbocycles. The highest BCUT2D eigenvalue weighted by Gasteiger charge is 2.28. The predicted molar refractivity (Wildman–Crippen MR) is 76.2 cm³/mol. The molecule has 1 aliphatic rings. The molecular weight excluding hydrogens is 274 g/mol. The molecule has 3 nitrogen and oxygen atoms in total. The fraction of sp³-hybridized carbons (Fsp3) is 0.188. The predicted octanol–water partition coefficient (Wildman–Crippen LogP) is 2.50. The van der Waals surface area contributed by atoms with Crippen molar-refractivity contribution in [3.63, 3.8) is 0 Å². The van der Waals surface area contributed by atoms with Crippen molar-refractivity contribution in [1.82, 2.24) is 0 Å². The SMILES string of the molecule is NC1Cc2ccccc2N(C(=O)c2ccc(F)cc2F)C1. The van der Waals surface area contributed by atoms with Gasteiger partial charge in [-0.3, -0.25) is 4.79 Å². The molecule has 0 saturated heterocycles. The monoisotopic (exact) mass is 288 g/mol. The summed E-state index contributed by atoms with van der Waals surface area (Å²) in [6, 6.07) is 10.1. The van der Waals surface area contributed by atoms with Gasteiger partial charge in [0.05, 0.1) is 5.56 Å². The Labute approximate surface area is 121 Å². The van der Waals surface area contributed by atoms with E-state index in [1.54, 1.807) is 6.07 Å². The van der Waals surface area contributed by atoms with Gasteiger partial charge in [-0.15, -0.1) is 0 Å². The summed E-state index contributed by atoms with van der Waals surface area (Å²) in [5.41, 5.74) is 7.50. The van der Waals surface area contributed by atoms with Crippen LogP contribution >= 0.6 is 0 Å². The zero-order valence-electron chi connectivity index (χ0n) is 11.2. The molecular formula is C16H14F2N2O. The van der Waals surface area contributed by atoms with Crippen molar-refractivity contribution >= 4 is 11.6 Å². The third-order valence-electron chi connectivity index (χ3n) is 3.59. The largest absolute Gasteiger partial charge is 0.326 e. The molecule has 1 heterocycles. The Balaban J connectivity index is 2.02. The summed E-state index contributed by atoms with van der Waals surface area (Å²) in [6.07, 6.45) is 0.672. The average molecular weight is 288 g/mol. The third-order valence-corrected chi connectivity index (χ3v) is 3.59. The molecule has 0 aliphatic carbocycles. The number of hydrogen-bond acceptors (Lipinski definition) is 2. The molecule has 0 radical (unpaired) electrons. The Morgan fingerprint density at radius 1 is 1.19 bits per heavy atom. The first-order valence-electron chi connectivity index (χ1n) is 6.66. The molecule has 2 aromatic rings. The van der Waals surface area contributed by atoms with Crippen molar-refractivity contribution in [2.24, 2.45) is 5.73 Å². The van der Waals surface area contributed by atoms with Gasteiger partial charge >= 0.3 is 0 Å². The van der Waals surface area contributed by atoms with Crippen molar-refractivity contribution in [2.45, 2.75) is 12.5 Å². The number of carbonyl (C=O) groups excluding carboxylic acids is 1. The number of benzene rings is 2. The number of carbonyl (C=O) groups is 1. The summed E-state index contributed by atoms with van der Waals surface area (Å²) >= 11 is 0. The van der Waals surface area contributed by atoms with E-state index in [0.717, 1.165) is 23.4 Å². The molecule has 3 rings (SSSR count). The lowest BCUT2D eigenvalue weighted by atomic mass is 9.97. The van der Waals surface area contributed by atoms with Crippen LogP contribution in [0.3, 0.4) is 0 Å². The Bertz CT molecular complexity index is 702. The second-order valence-electron chi connectivity index (χ2n) is 5.13. The normalized spacial score (nSPS) is 17.5. The van der Waals surface area contributed by atoms with E-state index in [0.29, 0.717) is 19.0 Å². The second-order valence-corrected chi connectivity index (χ2v) is 5.13. The maximum atomic E-state index is 13.8. The van der Waals surface area contributed by atoms with Crippen LogP contribution in [0.2, 0.25) is 0 Å². The number of amides is 1. The van der Waals surface area contributed by atoms with Gasteiger partial charge in [-0.2, -0.15) is 0 Å². The Kier molecular flexibility index (Phi) is 3.43. The van der Waals surface area contributed by atoms with Crippen LogP contribution in [0.25, 0.3) is 0 Å². The van der Waals surface area contributed by atoms with Crippen molar-refractivity contribution < 1.29 is 13.6 Å². The molecule has 108 valence electrons. The first-order chi connectivity index (χ1) is 10.1. The van der Waals surface area contributed by atoms with E-state index in [1.807, 2.05) is 18.2 Å². The molecule has 2 N–H and O–H groups in total. The lowest BCUT2D eigenvalue weighted by Gasteiger charge is -2.33. The van der Waals surface area contributed by atoms with E-state index in [1.165, 1.54) is 4.90 Å². The van der Waals surface area contributed by atoms with Gasteiger partial charge in [0.2, 0.25) is 0 Å². The number of nitrogens with zero attached hydrogens (tertiary/aromatic N) is 1. The minimum atomic E-state index is -0.864.